The zero-order valence-corrected chi connectivity index (χ0v) is 10.8. The van der Waals surface area contributed by atoms with E-state index in [4.69, 9.17) is 0 Å². The van der Waals surface area contributed by atoms with E-state index in [1.54, 1.807) is 0 Å². The van der Waals surface area contributed by atoms with Crippen molar-refractivity contribution in [3.05, 3.63) is 34.4 Å². The molecule has 0 spiro atoms. The second-order valence-corrected chi connectivity index (χ2v) is 4.23. The summed E-state index contributed by atoms with van der Waals surface area (Å²) in [6, 6.07) is 4.49. The molecule has 1 rings (SSSR count). The summed E-state index contributed by atoms with van der Waals surface area (Å²) >= 11 is 0. The van der Waals surface area contributed by atoms with Crippen LogP contribution in [-0.2, 0) is 6.54 Å². The molecule has 0 fully saturated rings. The molecule has 0 heterocycles. The van der Waals surface area contributed by atoms with E-state index in [1.165, 1.54) is 22.3 Å². The number of benzene rings is 1. The van der Waals surface area contributed by atoms with Gasteiger partial charge in [-0.1, -0.05) is 17.7 Å². The van der Waals surface area contributed by atoms with Gasteiger partial charge in [-0.05, 0) is 44.4 Å². The number of rotatable bonds is 4. The highest BCUT2D eigenvalue weighted by Gasteiger charge is 2.02. The lowest BCUT2D eigenvalue weighted by atomic mass is 10.00. The molecule has 1 N–H and O–H groups in total. The van der Waals surface area contributed by atoms with E-state index in [0.717, 1.165) is 19.5 Å². The minimum absolute atomic E-state index is 0.931. The van der Waals surface area contributed by atoms with E-state index in [9.17, 15) is 0 Å². The van der Waals surface area contributed by atoms with Gasteiger partial charge in [0.15, 0.2) is 0 Å². The predicted molar refractivity (Wildman–Crippen MR) is 70.4 cm³/mol. The summed E-state index contributed by atoms with van der Waals surface area (Å²) in [5.41, 5.74) is 5.53. The van der Waals surface area contributed by atoms with Gasteiger partial charge in [0.05, 0.1) is 0 Å². The normalized spacial score (nSPS) is 9.75. The van der Waals surface area contributed by atoms with Crippen LogP contribution in [0.1, 0.15) is 35.6 Å². The Morgan fingerprint density at radius 2 is 1.75 bits per heavy atom. The molecule has 86 valence electrons. The summed E-state index contributed by atoms with van der Waals surface area (Å²) in [5, 5.41) is 3.44. The highest BCUT2D eigenvalue weighted by Crippen LogP contribution is 2.15. The Balaban J connectivity index is 2.56. The molecule has 1 nitrogen and oxygen atoms in total. The first-order valence-corrected chi connectivity index (χ1v) is 5.82. The van der Waals surface area contributed by atoms with Crippen molar-refractivity contribution in [1.82, 2.24) is 5.32 Å². The monoisotopic (exact) mass is 215 g/mol. The van der Waals surface area contributed by atoms with E-state index in [-0.39, 0.29) is 0 Å². The molecule has 0 unspecified atom stereocenters. The van der Waals surface area contributed by atoms with Crippen molar-refractivity contribution >= 4 is 0 Å². The Morgan fingerprint density at radius 1 is 1.12 bits per heavy atom. The lowest BCUT2D eigenvalue weighted by Crippen LogP contribution is -2.16. The van der Waals surface area contributed by atoms with Crippen LogP contribution in [0.3, 0.4) is 0 Å². The zero-order valence-electron chi connectivity index (χ0n) is 10.8. The van der Waals surface area contributed by atoms with Gasteiger partial charge in [-0.25, -0.2) is 0 Å². The number of nitrogens with one attached hydrogen (secondary N) is 1. The molecule has 1 aromatic rings. The van der Waals surface area contributed by atoms with Crippen molar-refractivity contribution < 1.29 is 0 Å². The van der Waals surface area contributed by atoms with Crippen molar-refractivity contribution in [2.45, 2.75) is 40.7 Å². The van der Waals surface area contributed by atoms with Gasteiger partial charge in [0.1, 0.15) is 0 Å². The predicted octanol–water partition coefficient (Wildman–Crippen LogP) is 3.11. The first-order valence-electron chi connectivity index (χ1n) is 5.82. The fourth-order valence-corrected chi connectivity index (χ4v) is 1.98. The molecule has 0 aliphatic rings. The van der Waals surface area contributed by atoms with Gasteiger partial charge in [-0.2, -0.15) is 0 Å². The van der Waals surface area contributed by atoms with Crippen LogP contribution in [0.25, 0.3) is 0 Å². The van der Waals surface area contributed by atoms with Crippen LogP contribution in [0.2, 0.25) is 0 Å². The highest BCUT2D eigenvalue weighted by atomic mass is 14.8. The minimum Gasteiger partial charge on any atom is -0.312 e. The summed E-state index contributed by atoms with van der Waals surface area (Å²) in [6.07, 6.45) is 0.931. The fourth-order valence-electron chi connectivity index (χ4n) is 1.98. The first-order chi connectivity index (χ1) is 7.65. The van der Waals surface area contributed by atoms with Gasteiger partial charge in [0.2, 0.25) is 0 Å². The number of hydrogen-bond acceptors (Lipinski definition) is 1. The van der Waals surface area contributed by atoms with Crippen LogP contribution in [-0.4, -0.2) is 6.54 Å². The Labute approximate surface area is 99.3 Å². The molecule has 0 radical (unpaired) electrons. The van der Waals surface area contributed by atoms with E-state index < -0.39 is 0 Å². The third-order valence-electron chi connectivity index (χ3n) is 2.75. The zero-order chi connectivity index (χ0) is 12.0. The van der Waals surface area contributed by atoms with Gasteiger partial charge in [0.25, 0.3) is 0 Å². The second-order valence-electron chi connectivity index (χ2n) is 4.23. The molecule has 1 heteroatoms. The molecule has 0 bridgehead atoms. The lowest BCUT2D eigenvalue weighted by molar-refractivity contribution is 0.695. The summed E-state index contributed by atoms with van der Waals surface area (Å²) < 4.78 is 0. The van der Waals surface area contributed by atoms with Gasteiger partial charge < -0.3 is 5.32 Å². The van der Waals surface area contributed by atoms with Gasteiger partial charge in [-0.3, -0.25) is 0 Å². The standard InChI is InChI=1S/C15H21N/c1-5-6-7-8-16-11-15-13(3)9-12(2)10-14(15)4/h9-10,16H,7-8,11H2,1-4H3. The molecule has 0 saturated heterocycles. The Bertz CT molecular complexity index is 384. The summed E-state index contributed by atoms with van der Waals surface area (Å²) in [4.78, 5) is 0. The van der Waals surface area contributed by atoms with Crippen LogP contribution in [0.4, 0.5) is 0 Å². The summed E-state index contributed by atoms with van der Waals surface area (Å²) in [5.74, 6) is 5.97. The SMILES string of the molecule is CC#CCCNCc1c(C)cc(C)cc1C. The smallest absolute Gasteiger partial charge is 0.0214 e. The topological polar surface area (TPSA) is 12.0 Å². The Hall–Kier alpha value is -1.26. The maximum atomic E-state index is 3.44. The van der Waals surface area contributed by atoms with Crippen molar-refractivity contribution in [1.29, 1.82) is 0 Å². The average Bonchev–Trinajstić information content (AvgIpc) is 2.20. The molecule has 0 aromatic heterocycles. The summed E-state index contributed by atoms with van der Waals surface area (Å²) in [6.45, 7) is 10.3. The third-order valence-corrected chi connectivity index (χ3v) is 2.75. The second kappa shape index (κ2) is 6.35. The first kappa shape index (κ1) is 12.8. The lowest BCUT2D eigenvalue weighted by Gasteiger charge is -2.11. The molecular formula is C15H21N. The van der Waals surface area contributed by atoms with E-state index in [1.807, 2.05) is 6.92 Å². The molecule has 0 aliphatic heterocycles. The highest BCUT2D eigenvalue weighted by molar-refractivity contribution is 5.37. The molecular weight excluding hydrogens is 194 g/mol. The van der Waals surface area contributed by atoms with Crippen molar-refractivity contribution in [3.8, 4) is 11.8 Å². The van der Waals surface area contributed by atoms with Gasteiger partial charge in [0, 0.05) is 19.5 Å². The van der Waals surface area contributed by atoms with Crippen molar-refractivity contribution in [2.24, 2.45) is 0 Å². The molecule has 16 heavy (non-hydrogen) atoms. The summed E-state index contributed by atoms with van der Waals surface area (Å²) in [7, 11) is 0. The Morgan fingerprint density at radius 3 is 2.31 bits per heavy atom. The van der Waals surface area contributed by atoms with Gasteiger partial charge >= 0.3 is 0 Å². The third kappa shape index (κ3) is 3.72. The quantitative estimate of drug-likeness (QED) is 0.601. The van der Waals surface area contributed by atoms with E-state index in [2.05, 4.69) is 50.1 Å². The van der Waals surface area contributed by atoms with Gasteiger partial charge in [-0.15, -0.1) is 11.8 Å². The van der Waals surface area contributed by atoms with Crippen LogP contribution >= 0.6 is 0 Å². The fraction of sp³-hybridized carbons (Fsp3) is 0.467. The molecule has 0 aliphatic carbocycles. The van der Waals surface area contributed by atoms with Crippen molar-refractivity contribution in [3.63, 3.8) is 0 Å². The van der Waals surface area contributed by atoms with Crippen LogP contribution in [0.15, 0.2) is 12.1 Å². The number of hydrogen-bond donors (Lipinski definition) is 1. The van der Waals surface area contributed by atoms with Crippen LogP contribution < -0.4 is 5.32 Å². The molecule has 0 atom stereocenters. The maximum absolute atomic E-state index is 3.44. The van der Waals surface area contributed by atoms with Crippen LogP contribution in [0, 0.1) is 32.6 Å². The molecule has 1 aromatic carbocycles. The molecule has 0 amide bonds. The largest absolute Gasteiger partial charge is 0.312 e. The minimum atomic E-state index is 0.931. The van der Waals surface area contributed by atoms with Crippen molar-refractivity contribution in [2.75, 3.05) is 6.54 Å². The average molecular weight is 215 g/mol. The Kier molecular flexibility index (Phi) is 5.08. The van der Waals surface area contributed by atoms with E-state index >= 15 is 0 Å². The van der Waals surface area contributed by atoms with Crippen LogP contribution in [0.5, 0.6) is 0 Å². The molecule has 0 saturated carbocycles. The van der Waals surface area contributed by atoms with E-state index in [0.29, 0.717) is 0 Å². The number of aryl methyl sites for hydroxylation is 3. The maximum Gasteiger partial charge on any atom is 0.0214 e.